The first-order chi connectivity index (χ1) is 9.13. The monoisotopic (exact) mass is 258 g/mol. The fourth-order valence-corrected chi connectivity index (χ4v) is 1.86. The van der Waals surface area contributed by atoms with Gasteiger partial charge in [-0.2, -0.15) is 0 Å². The van der Waals surface area contributed by atoms with Gasteiger partial charge >= 0.3 is 5.97 Å². The van der Waals surface area contributed by atoms with Crippen LogP contribution in [0.4, 0.5) is 5.69 Å². The van der Waals surface area contributed by atoms with E-state index in [1.807, 2.05) is 6.92 Å². The highest BCUT2D eigenvalue weighted by Gasteiger charge is 2.14. The molecule has 5 nitrogen and oxygen atoms in total. The lowest BCUT2D eigenvalue weighted by molar-refractivity contribution is 0.0698. The molecular weight excluding hydrogens is 244 g/mol. The molecule has 19 heavy (non-hydrogen) atoms. The van der Waals surface area contributed by atoms with Crippen LogP contribution in [0.15, 0.2) is 42.6 Å². The highest BCUT2D eigenvalue weighted by Crippen LogP contribution is 2.16. The number of rotatable bonds is 4. The number of carboxylic acids is 1. The van der Waals surface area contributed by atoms with Crippen molar-refractivity contribution < 1.29 is 14.7 Å². The van der Waals surface area contributed by atoms with Crippen LogP contribution < -0.4 is 5.32 Å². The normalized spacial score (nSPS) is 10.2. The molecule has 2 rings (SSSR count). The van der Waals surface area contributed by atoms with Crippen molar-refractivity contribution in [3.05, 3.63) is 53.9 Å². The van der Waals surface area contributed by atoms with Crippen LogP contribution in [0, 0.1) is 0 Å². The number of amides is 1. The van der Waals surface area contributed by atoms with E-state index in [0.29, 0.717) is 17.9 Å². The zero-order chi connectivity index (χ0) is 13.8. The maximum atomic E-state index is 12.1. The molecule has 0 bridgehead atoms. The van der Waals surface area contributed by atoms with Gasteiger partial charge in [0.05, 0.1) is 11.3 Å². The summed E-state index contributed by atoms with van der Waals surface area (Å²) in [6.07, 6.45) is 1.80. The van der Waals surface area contributed by atoms with Crippen molar-refractivity contribution in [2.75, 3.05) is 5.32 Å². The molecule has 0 aliphatic carbocycles. The van der Waals surface area contributed by atoms with Gasteiger partial charge in [-0.3, -0.25) is 4.79 Å². The summed E-state index contributed by atoms with van der Waals surface area (Å²) in [4.78, 5) is 23.2. The minimum Gasteiger partial charge on any atom is -0.478 e. The van der Waals surface area contributed by atoms with Crippen LogP contribution in [-0.4, -0.2) is 21.6 Å². The first-order valence-electron chi connectivity index (χ1n) is 5.92. The average Bonchev–Trinajstić information content (AvgIpc) is 2.87. The Morgan fingerprint density at radius 3 is 2.63 bits per heavy atom. The number of aryl methyl sites for hydroxylation is 1. The number of hydrogen-bond acceptors (Lipinski definition) is 2. The molecule has 5 heteroatoms. The molecule has 0 radical (unpaired) electrons. The molecule has 0 atom stereocenters. The van der Waals surface area contributed by atoms with E-state index in [9.17, 15) is 9.59 Å². The number of nitrogens with one attached hydrogen (secondary N) is 1. The van der Waals surface area contributed by atoms with Crippen molar-refractivity contribution in [1.82, 2.24) is 4.57 Å². The third-order valence-corrected chi connectivity index (χ3v) is 2.81. The van der Waals surface area contributed by atoms with E-state index >= 15 is 0 Å². The summed E-state index contributed by atoms with van der Waals surface area (Å²) in [7, 11) is 0. The number of hydrogen-bond donors (Lipinski definition) is 2. The van der Waals surface area contributed by atoms with Gasteiger partial charge in [-0.25, -0.2) is 4.79 Å². The molecule has 0 saturated heterocycles. The maximum Gasteiger partial charge on any atom is 0.337 e. The van der Waals surface area contributed by atoms with Crippen molar-refractivity contribution in [2.45, 2.75) is 13.5 Å². The Morgan fingerprint density at radius 1 is 1.21 bits per heavy atom. The Balaban J connectivity index is 2.27. The number of para-hydroxylation sites is 1. The number of carbonyl (C=O) groups excluding carboxylic acids is 1. The second-order valence-electron chi connectivity index (χ2n) is 3.98. The fourth-order valence-electron chi connectivity index (χ4n) is 1.86. The second kappa shape index (κ2) is 5.39. The van der Waals surface area contributed by atoms with Crippen molar-refractivity contribution in [2.24, 2.45) is 0 Å². The number of anilines is 1. The van der Waals surface area contributed by atoms with Crippen molar-refractivity contribution in [3.8, 4) is 0 Å². The van der Waals surface area contributed by atoms with Gasteiger partial charge < -0.3 is 15.0 Å². The van der Waals surface area contributed by atoms with Gasteiger partial charge in [0.25, 0.3) is 5.91 Å². The summed E-state index contributed by atoms with van der Waals surface area (Å²) in [6, 6.07) is 9.80. The third kappa shape index (κ3) is 2.65. The number of carboxylic acid groups (broad SMARTS) is 1. The van der Waals surface area contributed by atoms with Crippen LogP contribution in [0.1, 0.15) is 27.8 Å². The molecule has 1 heterocycles. The molecule has 0 saturated carbocycles. The van der Waals surface area contributed by atoms with E-state index in [0.717, 1.165) is 0 Å². The predicted octanol–water partition coefficient (Wildman–Crippen LogP) is 2.46. The molecule has 98 valence electrons. The fraction of sp³-hybridized carbons (Fsp3) is 0.143. The van der Waals surface area contributed by atoms with Gasteiger partial charge in [0, 0.05) is 12.7 Å². The molecule has 1 aromatic carbocycles. The first-order valence-corrected chi connectivity index (χ1v) is 5.92. The van der Waals surface area contributed by atoms with E-state index in [4.69, 9.17) is 5.11 Å². The molecule has 0 unspecified atom stereocenters. The molecule has 0 fully saturated rings. The Hall–Kier alpha value is -2.56. The van der Waals surface area contributed by atoms with Gasteiger partial charge in [-0.15, -0.1) is 0 Å². The predicted molar refractivity (Wildman–Crippen MR) is 71.5 cm³/mol. The highest BCUT2D eigenvalue weighted by molar-refractivity contribution is 6.06. The first kappa shape index (κ1) is 12.9. The van der Waals surface area contributed by atoms with Gasteiger partial charge in [0.15, 0.2) is 0 Å². The van der Waals surface area contributed by atoms with Gasteiger partial charge in [-0.05, 0) is 31.2 Å². The van der Waals surface area contributed by atoms with E-state index in [1.165, 1.54) is 6.07 Å². The smallest absolute Gasteiger partial charge is 0.337 e. The summed E-state index contributed by atoms with van der Waals surface area (Å²) in [5.74, 6) is -1.39. The Bertz CT molecular complexity index is 617. The van der Waals surface area contributed by atoms with Crippen molar-refractivity contribution in [1.29, 1.82) is 0 Å². The number of nitrogens with zero attached hydrogens (tertiary/aromatic N) is 1. The van der Waals surface area contributed by atoms with Crippen LogP contribution >= 0.6 is 0 Å². The van der Waals surface area contributed by atoms with Crippen molar-refractivity contribution >= 4 is 17.6 Å². The Labute approximate surface area is 110 Å². The summed E-state index contributed by atoms with van der Waals surface area (Å²) in [5, 5.41) is 11.7. The SMILES string of the molecule is CCn1cccc1C(=O)Nc1ccccc1C(=O)O. The molecule has 1 aromatic heterocycles. The molecule has 0 aliphatic rings. The summed E-state index contributed by atoms with van der Waals surface area (Å²) < 4.78 is 1.79. The minimum atomic E-state index is -1.07. The number of aromatic carboxylic acids is 1. The van der Waals surface area contributed by atoms with Crippen molar-refractivity contribution in [3.63, 3.8) is 0 Å². The molecular formula is C14H14N2O3. The quantitative estimate of drug-likeness (QED) is 0.884. The van der Waals surface area contributed by atoms with Gasteiger partial charge in [-0.1, -0.05) is 12.1 Å². The van der Waals surface area contributed by atoms with Crippen LogP contribution in [0.2, 0.25) is 0 Å². The molecule has 2 N–H and O–H groups in total. The van der Waals surface area contributed by atoms with E-state index < -0.39 is 5.97 Å². The number of benzene rings is 1. The molecule has 2 aromatic rings. The van der Waals surface area contributed by atoms with Gasteiger partial charge in [0.2, 0.25) is 0 Å². The second-order valence-corrected chi connectivity index (χ2v) is 3.98. The average molecular weight is 258 g/mol. The minimum absolute atomic E-state index is 0.0745. The van der Waals surface area contributed by atoms with Crippen LogP contribution in [0.5, 0.6) is 0 Å². The lowest BCUT2D eigenvalue weighted by Gasteiger charge is -2.09. The highest BCUT2D eigenvalue weighted by atomic mass is 16.4. The standard InChI is InChI=1S/C14H14N2O3/c1-2-16-9-5-8-12(16)13(17)15-11-7-4-3-6-10(11)14(18)19/h3-9H,2H2,1H3,(H,15,17)(H,18,19). The molecule has 0 aliphatic heterocycles. The van der Waals surface area contributed by atoms with Crippen LogP contribution in [0.25, 0.3) is 0 Å². The molecule has 0 spiro atoms. The largest absolute Gasteiger partial charge is 0.478 e. The lowest BCUT2D eigenvalue weighted by atomic mass is 10.2. The maximum absolute atomic E-state index is 12.1. The summed E-state index contributed by atoms with van der Waals surface area (Å²) in [5.41, 5.74) is 0.872. The Morgan fingerprint density at radius 2 is 1.95 bits per heavy atom. The van der Waals surface area contributed by atoms with E-state index in [-0.39, 0.29) is 11.5 Å². The zero-order valence-electron chi connectivity index (χ0n) is 10.5. The topological polar surface area (TPSA) is 71.3 Å². The third-order valence-electron chi connectivity index (χ3n) is 2.81. The molecule has 1 amide bonds. The summed E-state index contributed by atoms with van der Waals surface area (Å²) >= 11 is 0. The lowest BCUT2D eigenvalue weighted by Crippen LogP contribution is -2.18. The number of carbonyl (C=O) groups is 2. The summed E-state index contributed by atoms with van der Waals surface area (Å²) in [6.45, 7) is 2.61. The zero-order valence-corrected chi connectivity index (χ0v) is 10.5. The van der Waals surface area contributed by atoms with Gasteiger partial charge in [0.1, 0.15) is 5.69 Å². The van der Waals surface area contributed by atoms with E-state index in [1.54, 1.807) is 41.1 Å². The van der Waals surface area contributed by atoms with Crippen LogP contribution in [-0.2, 0) is 6.54 Å². The van der Waals surface area contributed by atoms with Crippen LogP contribution in [0.3, 0.4) is 0 Å². The number of aromatic nitrogens is 1. The Kier molecular flexibility index (Phi) is 3.66. The van der Waals surface area contributed by atoms with E-state index in [2.05, 4.69) is 5.32 Å².